The van der Waals surface area contributed by atoms with E-state index in [1.54, 1.807) is 0 Å². The topological polar surface area (TPSA) is 63.7 Å². The minimum atomic E-state index is 0.105. The molecule has 5 aromatic rings. The third kappa shape index (κ3) is 4.47. The van der Waals surface area contributed by atoms with Gasteiger partial charge in [-0.1, -0.05) is 30.3 Å². The fourth-order valence-electron chi connectivity index (χ4n) is 3.68. The van der Waals surface area contributed by atoms with Crippen LogP contribution < -0.4 is 4.74 Å². The summed E-state index contributed by atoms with van der Waals surface area (Å²) in [5, 5.41) is 15.5. The number of nitriles is 1. The number of fused-ring (bicyclic) bond motifs is 1. The number of thiazole rings is 1. The number of allylic oxidation sites excluding steroid dienone is 1. The molecular formula is C28H22N4OS. The third-order valence-electron chi connectivity index (χ3n) is 5.21. The van der Waals surface area contributed by atoms with Crippen molar-refractivity contribution in [3.05, 3.63) is 95.6 Å². The Hall–Kier alpha value is -4.21. The van der Waals surface area contributed by atoms with Crippen LogP contribution in [0, 0.1) is 11.3 Å². The van der Waals surface area contributed by atoms with Gasteiger partial charge in [-0.25, -0.2) is 9.67 Å². The number of ether oxygens (including phenoxy) is 1. The van der Waals surface area contributed by atoms with Crippen molar-refractivity contribution in [3.63, 3.8) is 0 Å². The Labute approximate surface area is 202 Å². The molecule has 0 aliphatic carbocycles. The van der Waals surface area contributed by atoms with E-state index in [9.17, 15) is 5.26 Å². The molecule has 0 radical (unpaired) electrons. The minimum absolute atomic E-state index is 0.105. The zero-order valence-electron chi connectivity index (χ0n) is 18.8. The molecule has 0 saturated carbocycles. The first-order valence-electron chi connectivity index (χ1n) is 11.0. The molecule has 0 atom stereocenters. The summed E-state index contributed by atoms with van der Waals surface area (Å²) in [6.07, 6.45) is 3.93. The van der Waals surface area contributed by atoms with Crippen molar-refractivity contribution in [3.8, 4) is 28.8 Å². The van der Waals surface area contributed by atoms with Crippen LogP contribution in [0.1, 0.15) is 24.4 Å². The summed E-state index contributed by atoms with van der Waals surface area (Å²) in [4.78, 5) is 4.67. The van der Waals surface area contributed by atoms with Crippen molar-refractivity contribution in [1.82, 2.24) is 14.8 Å². The van der Waals surface area contributed by atoms with Crippen molar-refractivity contribution >= 4 is 33.2 Å². The summed E-state index contributed by atoms with van der Waals surface area (Å²) in [7, 11) is 0. The van der Waals surface area contributed by atoms with Crippen LogP contribution in [-0.2, 0) is 0 Å². The summed E-state index contributed by atoms with van der Waals surface area (Å²) >= 11 is 1.52. The first kappa shape index (κ1) is 21.6. The Balaban J connectivity index is 1.61. The molecule has 0 amide bonds. The van der Waals surface area contributed by atoms with Gasteiger partial charge in [-0.2, -0.15) is 10.4 Å². The van der Waals surface area contributed by atoms with E-state index in [-0.39, 0.29) is 6.10 Å². The fourth-order valence-corrected chi connectivity index (χ4v) is 4.61. The Kier molecular flexibility index (Phi) is 5.94. The second-order valence-electron chi connectivity index (χ2n) is 8.06. The van der Waals surface area contributed by atoms with Crippen molar-refractivity contribution < 1.29 is 4.74 Å². The summed E-state index contributed by atoms with van der Waals surface area (Å²) in [6.45, 7) is 4.01. The van der Waals surface area contributed by atoms with E-state index in [1.165, 1.54) is 11.3 Å². The van der Waals surface area contributed by atoms with Gasteiger partial charge >= 0.3 is 0 Å². The number of para-hydroxylation sites is 2. The molecule has 5 rings (SSSR count). The predicted molar refractivity (Wildman–Crippen MR) is 138 cm³/mol. The van der Waals surface area contributed by atoms with Gasteiger partial charge < -0.3 is 4.74 Å². The maximum absolute atomic E-state index is 9.98. The number of hydrogen-bond acceptors (Lipinski definition) is 5. The quantitative estimate of drug-likeness (QED) is 0.255. The highest BCUT2D eigenvalue weighted by atomic mass is 32.1. The van der Waals surface area contributed by atoms with Crippen LogP contribution in [0.2, 0.25) is 0 Å². The van der Waals surface area contributed by atoms with Crippen LogP contribution in [0.3, 0.4) is 0 Å². The number of hydrogen-bond donors (Lipinski definition) is 0. The van der Waals surface area contributed by atoms with Gasteiger partial charge in [0.1, 0.15) is 16.8 Å². The molecule has 166 valence electrons. The smallest absolute Gasteiger partial charge is 0.135 e. The summed E-state index contributed by atoms with van der Waals surface area (Å²) in [5.41, 5.74) is 4.92. The highest BCUT2D eigenvalue weighted by Gasteiger charge is 2.15. The molecule has 6 heteroatoms. The molecular weight excluding hydrogens is 440 g/mol. The largest absolute Gasteiger partial charge is 0.491 e. The van der Waals surface area contributed by atoms with E-state index in [0.29, 0.717) is 10.6 Å². The maximum Gasteiger partial charge on any atom is 0.135 e. The molecule has 0 bridgehead atoms. The normalized spacial score (nSPS) is 11.6. The van der Waals surface area contributed by atoms with Crippen molar-refractivity contribution in [2.45, 2.75) is 20.0 Å². The van der Waals surface area contributed by atoms with Gasteiger partial charge in [-0.05, 0) is 68.5 Å². The Morgan fingerprint density at radius 3 is 2.44 bits per heavy atom. The Morgan fingerprint density at radius 1 is 1.00 bits per heavy atom. The molecule has 5 nitrogen and oxygen atoms in total. The number of aromatic nitrogens is 3. The van der Waals surface area contributed by atoms with Gasteiger partial charge in [-0.15, -0.1) is 11.3 Å². The molecule has 0 N–H and O–H groups in total. The Bertz CT molecular complexity index is 1470. The molecule has 0 aliphatic rings. The van der Waals surface area contributed by atoms with Gasteiger partial charge in [0.25, 0.3) is 0 Å². The molecule has 3 aromatic carbocycles. The zero-order valence-corrected chi connectivity index (χ0v) is 19.7. The van der Waals surface area contributed by atoms with Gasteiger partial charge in [0.15, 0.2) is 0 Å². The van der Waals surface area contributed by atoms with Crippen LogP contribution in [0.4, 0.5) is 0 Å². The van der Waals surface area contributed by atoms with Crippen molar-refractivity contribution in [2.75, 3.05) is 0 Å². The third-order valence-corrected chi connectivity index (χ3v) is 6.28. The van der Waals surface area contributed by atoms with Gasteiger partial charge in [0.2, 0.25) is 0 Å². The van der Waals surface area contributed by atoms with E-state index in [1.807, 2.05) is 110 Å². The van der Waals surface area contributed by atoms with Crippen LogP contribution in [0.5, 0.6) is 5.75 Å². The molecule has 0 aliphatic heterocycles. The van der Waals surface area contributed by atoms with Crippen LogP contribution in [-0.4, -0.2) is 20.9 Å². The molecule has 0 saturated heterocycles. The Morgan fingerprint density at radius 2 is 1.74 bits per heavy atom. The first-order valence-corrected chi connectivity index (χ1v) is 11.8. The highest BCUT2D eigenvalue weighted by molar-refractivity contribution is 7.19. The number of nitrogens with zero attached hydrogens (tertiary/aromatic N) is 4. The lowest BCUT2D eigenvalue weighted by Gasteiger charge is -2.09. The number of rotatable bonds is 6. The minimum Gasteiger partial charge on any atom is -0.491 e. The average Bonchev–Trinajstić information content (AvgIpc) is 3.47. The zero-order chi connectivity index (χ0) is 23.5. The lowest BCUT2D eigenvalue weighted by Crippen LogP contribution is -2.05. The summed E-state index contributed by atoms with van der Waals surface area (Å²) < 4.78 is 8.69. The maximum atomic E-state index is 9.98. The lowest BCUT2D eigenvalue weighted by molar-refractivity contribution is 0.242. The van der Waals surface area contributed by atoms with E-state index in [0.717, 1.165) is 38.5 Å². The monoisotopic (exact) mass is 462 g/mol. The van der Waals surface area contributed by atoms with E-state index >= 15 is 0 Å². The number of benzene rings is 3. The van der Waals surface area contributed by atoms with Crippen LogP contribution >= 0.6 is 11.3 Å². The van der Waals surface area contributed by atoms with Crippen molar-refractivity contribution in [2.24, 2.45) is 0 Å². The SMILES string of the molecule is CC(C)Oc1ccc(-c2nn(-c3ccccc3)cc2C=C(C#N)c2nc3ccccc3s2)cc1. The summed E-state index contributed by atoms with van der Waals surface area (Å²) in [6, 6.07) is 28.1. The summed E-state index contributed by atoms with van der Waals surface area (Å²) in [5.74, 6) is 0.811. The van der Waals surface area contributed by atoms with Gasteiger partial charge in [-0.3, -0.25) is 0 Å². The predicted octanol–water partition coefficient (Wildman–Crippen LogP) is 7.00. The van der Waals surface area contributed by atoms with Gasteiger partial charge in [0.05, 0.1) is 33.3 Å². The highest BCUT2D eigenvalue weighted by Crippen LogP contribution is 2.32. The molecule has 2 aromatic heterocycles. The molecule has 0 unspecified atom stereocenters. The molecule has 0 spiro atoms. The molecule has 0 fully saturated rings. The first-order chi connectivity index (χ1) is 16.6. The second kappa shape index (κ2) is 9.34. The molecule has 34 heavy (non-hydrogen) atoms. The van der Waals surface area contributed by atoms with Gasteiger partial charge in [0, 0.05) is 17.3 Å². The van der Waals surface area contributed by atoms with Crippen LogP contribution in [0.25, 0.3) is 38.8 Å². The fraction of sp³-hybridized carbons (Fsp3) is 0.107. The average molecular weight is 463 g/mol. The lowest BCUT2D eigenvalue weighted by atomic mass is 10.1. The van der Waals surface area contributed by atoms with Crippen molar-refractivity contribution in [1.29, 1.82) is 5.26 Å². The van der Waals surface area contributed by atoms with E-state index < -0.39 is 0 Å². The van der Waals surface area contributed by atoms with Crippen LogP contribution in [0.15, 0.2) is 85.1 Å². The van der Waals surface area contributed by atoms with E-state index in [2.05, 4.69) is 11.1 Å². The molecule has 2 heterocycles. The van der Waals surface area contributed by atoms with E-state index in [4.69, 9.17) is 9.84 Å². The second-order valence-corrected chi connectivity index (χ2v) is 9.09. The standard InChI is InChI=1S/C28H22N4OS/c1-19(2)33-24-14-12-20(13-15-24)27-22(18-32(31-27)23-8-4-3-5-9-23)16-21(17-29)28-30-25-10-6-7-11-26(25)34-28/h3-16,18-19H,1-2H3.